The normalized spacial score (nSPS) is 14.2. The first-order chi connectivity index (χ1) is 11.8. The summed E-state index contributed by atoms with van der Waals surface area (Å²) in [5.41, 5.74) is 6.49. The zero-order chi connectivity index (χ0) is 16.1. The molecule has 24 heavy (non-hydrogen) atoms. The Morgan fingerprint density at radius 1 is 0.958 bits per heavy atom. The van der Waals surface area contributed by atoms with Crippen molar-refractivity contribution in [2.45, 2.75) is 25.7 Å². The van der Waals surface area contributed by atoms with Gasteiger partial charge in [-0.3, -0.25) is 5.10 Å². The largest absolute Gasteiger partial charge is 0.508 e. The van der Waals surface area contributed by atoms with Crippen molar-refractivity contribution in [1.82, 2.24) is 20.2 Å². The van der Waals surface area contributed by atoms with E-state index in [0.717, 1.165) is 40.6 Å². The van der Waals surface area contributed by atoms with Gasteiger partial charge in [-0.05, 0) is 61.1 Å². The van der Waals surface area contributed by atoms with Gasteiger partial charge in [0.15, 0.2) is 5.65 Å². The van der Waals surface area contributed by atoms with Crippen LogP contribution in [0.1, 0.15) is 24.0 Å². The highest BCUT2D eigenvalue weighted by atomic mass is 16.3. The summed E-state index contributed by atoms with van der Waals surface area (Å²) in [5.74, 6) is 0.273. The van der Waals surface area contributed by atoms with Crippen molar-refractivity contribution < 1.29 is 5.11 Å². The zero-order valence-electron chi connectivity index (χ0n) is 13.1. The smallest absolute Gasteiger partial charge is 0.155 e. The van der Waals surface area contributed by atoms with Gasteiger partial charge in [0.25, 0.3) is 0 Å². The standard InChI is InChI=1S/C19H16N4O/c24-12-7-5-11(6-8-12)18-14-4-2-1-3-13(14)17-15-9-21-23-19(15)20-10-16(17)22-18/h5-10,24H,1-4H2,(H,20,21,23). The topological polar surface area (TPSA) is 74.7 Å². The third-order valence-electron chi connectivity index (χ3n) is 4.89. The van der Waals surface area contributed by atoms with E-state index in [0.29, 0.717) is 0 Å². The molecule has 0 aliphatic heterocycles. The van der Waals surface area contributed by atoms with E-state index in [2.05, 4.69) is 15.2 Å². The van der Waals surface area contributed by atoms with Crippen LogP contribution in [0.5, 0.6) is 5.75 Å². The summed E-state index contributed by atoms with van der Waals surface area (Å²) in [6, 6.07) is 7.30. The Hall–Kier alpha value is -2.95. The van der Waals surface area contributed by atoms with Crippen molar-refractivity contribution in [2.24, 2.45) is 0 Å². The van der Waals surface area contributed by atoms with Gasteiger partial charge in [-0.25, -0.2) is 9.97 Å². The number of phenolic OH excluding ortho intramolecular Hbond substituents is 1. The second-order valence-electron chi connectivity index (χ2n) is 6.32. The highest BCUT2D eigenvalue weighted by molar-refractivity contribution is 6.06. The van der Waals surface area contributed by atoms with Crippen LogP contribution < -0.4 is 0 Å². The van der Waals surface area contributed by atoms with Crippen molar-refractivity contribution in [3.05, 3.63) is 47.8 Å². The number of aryl methyl sites for hydroxylation is 1. The summed E-state index contributed by atoms with van der Waals surface area (Å²) in [4.78, 5) is 9.38. The highest BCUT2D eigenvalue weighted by Crippen LogP contribution is 2.37. The minimum absolute atomic E-state index is 0.273. The minimum atomic E-state index is 0.273. The van der Waals surface area contributed by atoms with Crippen LogP contribution in [0.25, 0.3) is 33.2 Å². The number of fused-ring (bicyclic) bond motifs is 5. The maximum Gasteiger partial charge on any atom is 0.155 e. The molecule has 0 atom stereocenters. The molecule has 0 saturated heterocycles. The van der Waals surface area contributed by atoms with Gasteiger partial charge in [0.2, 0.25) is 0 Å². The lowest BCUT2D eigenvalue weighted by Gasteiger charge is -2.21. The molecule has 0 bridgehead atoms. The molecule has 4 aromatic rings. The molecular formula is C19H16N4O. The number of nitrogens with one attached hydrogen (secondary N) is 1. The van der Waals surface area contributed by atoms with Gasteiger partial charge in [0, 0.05) is 16.3 Å². The molecule has 5 nitrogen and oxygen atoms in total. The first kappa shape index (κ1) is 13.5. The van der Waals surface area contributed by atoms with Gasteiger partial charge < -0.3 is 5.11 Å². The van der Waals surface area contributed by atoms with Crippen molar-refractivity contribution >= 4 is 21.9 Å². The molecule has 2 N–H and O–H groups in total. The third kappa shape index (κ3) is 1.91. The molecule has 5 heteroatoms. The fourth-order valence-corrected chi connectivity index (χ4v) is 3.78. The predicted octanol–water partition coefficient (Wildman–Crippen LogP) is 3.76. The minimum Gasteiger partial charge on any atom is -0.508 e. The number of hydrogen-bond donors (Lipinski definition) is 2. The molecule has 0 saturated carbocycles. The van der Waals surface area contributed by atoms with Crippen LogP contribution >= 0.6 is 0 Å². The van der Waals surface area contributed by atoms with Crippen LogP contribution in [0.3, 0.4) is 0 Å². The average molecular weight is 316 g/mol. The van der Waals surface area contributed by atoms with E-state index in [-0.39, 0.29) is 5.75 Å². The number of hydrogen-bond acceptors (Lipinski definition) is 4. The number of aromatic nitrogens is 4. The first-order valence-electron chi connectivity index (χ1n) is 8.24. The molecule has 3 heterocycles. The highest BCUT2D eigenvalue weighted by Gasteiger charge is 2.21. The monoisotopic (exact) mass is 316 g/mol. The van der Waals surface area contributed by atoms with Crippen LogP contribution in [0.4, 0.5) is 0 Å². The molecule has 3 aromatic heterocycles. The van der Waals surface area contributed by atoms with Gasteiger partial charge in [-0.2, -0.15) is 5.10 Å². The fraction of sp³-hybridized carbons (Fsp3) is 0.211. The number of benzene rings is 1. The summed E-state index contributed by atoms with van der Waals surface area (Å²) in [5, 5.41) is 18.9. The molecule has 0 spiro atoms. The van der Waals surface area contributed by atoms with E-state index in [1.807, 2.05) is 24.5 Å². The Balaban J connectivity index is 1.88. The molecule has 1 aliphatic rings. The number of aromatic amines is 1. The Bertz CT molecular complexity index is 1070. The molecular weight excluding hydrogens is 300 g/mol. The van der Waals surface area contributed by atoms with Gasteiger partial charge in [0.1, 0.15) is 5.75 Å². The molecule has 118 valence electrons. The molecule has 5 rings (SSSR count). The van der Waals surface area contributed by atoms with E-state index >= 15 is 0 Å². The van der Waals surface area contributed by atoms with E-state index in [9.17, 15) is 5.11 Å². The van der Waals surface area contributed by atoms with E-state index in [1.165, 1.54) is 29.4 Å². The Morgan fingerprint density at radius 3 is 2.58 bits per heavy atom. The Kier molecular flexibility index (Phi) is 2.82. The van der Waals surface area contributed by atoms with Crippen LogP contribution in [0, 0.1) is 0 Å². The lowest BCUT2D eigenvalue weighted by Crippen LogP contribution is -2.08. The zero-order valence-corrected chi connectivity index (χ0v) is 13.1. The average Bonchev–Trinajstić information content (AvgIpc) is 3.10. The molecule has 0 amide bonds. The first-order valence-corrected chi connectivity index (χ1v) is 8.24. The molecule has 1 aliphatic carbocycles. The van der Waals surface area contributed by atoms with Crippen molar-refractivity contribution in [3.63, 3.8) is 0 Å². The second-order valence-corrected chi connectivity index (χ2v) is 6.32. The number of rotatable bonds is 1. The summed E-state index contributed by atoms with van der Waals surface area (Å²) in [7, 11) is 0. The fourth-order valence-electron chi connectivity index (χ4n) is 3.78. The van der Waals surface area contributed by atoms with E-state index in [1.54, 1.807) is 12.1 Å². The SMILES string of the molecule is Oc1ccc(-c2nc3cnc4[nH]ncc4c3c3c2CCCC3)cc1. The van der Waals surface area contributed by atoms with Crippen molar-refractivity contribution in [2.75, 3.05) is 0 Å². The lowest BCUT2D eigenvalue weighted by molar-refractivity contribution is 0.475. The number of H-pyrrole nitrogens is 1. The van der Waals surface area contributed by atoms with Crippen LogP contribution in [-0.4, -0.2) is 25.3 Å². The molecule has 0 fully saturated rings. The van der Waals surface area contributed by atoms with Crippen LogP contribution in [0.2, 0.25) is 0 Å². The van der Waals surface area contributed by atoms with E-state index in [4.69, 9.17) is 4.98 Å². The predicted molar refractivity (Wildman–Crippen MR) is 92.9 cm³/mol. The quantitative estimate of drug-likeness (QED) is 0.561. The van der Waals surface area contributed by atoms with Gasteiger partial charge >= 0.3 is 0 Å². The maximum atomic E-state index is 9.57. The van der Waals surface area contributed by atoms with Crippen molar-refractivity contribution in [3.8, 4) is 17.0 Å². The van der Waals surface area contributed by atoms with E-state index < -0.39 is 0 Å². The van der Waals surface area contributed by atoms with Crippen LogP contribution in [0.15, 0.2) is 36.7 Å². The van der Waals surface area contributed by atoms with Crippen molar-refractivity contribution in [1.29, 1.82) is 0 Å². The van der Waals surface area contributed by atoms with Gasteiger partial charge in [-0.15, -0.1) is 0 Å². The molecule has 1 aromatic carbocycles. The summed E-state index contributed by atoms with van der Waals surface area (Å²) in [6.45, 7) is 0. The summed E-state index contributed by atoms with van der Waals surface area (Å²) >= 11 is 0. The number of pyridine rings is 2. The Labute approximate surface area is 138 Å². The third-order valence-corrected chi connectivity index (χ3v) is 4.89. The molecule has 0 radical (unpaired) electrons. The Morgan fingerprint density at radius 2 is 1.75 bits per heavy atom. The molecule has 0 unspecified atom stereocenters. The van der Waals surface area contributed by atoms with Gasteiger partial charge in [-0.1, -0.05) is 0 Å². The summed E-state index contributed by atoms with van der Waals surface area (Å²) < 4.78 is 0. The van der Waals surface area contributed by atoms with Crippen LogP contribution in [-0.2, 0) is 12.8 Å². The summed E-state index contributed by atoms with van der Waals surface area (Å²) in [6.07, 6.45) is 8.16. The second kappa shape index (κ2) is 5.03. The van der Waals surface area contributed by atoms with Gasteiger partial charge in [0.05, 0.1) is 23.6 Å². The number of nitrogens with zero attached hydrogens (tertiary/aromatic N) is 3. The lowest BCUT2D eigenvalue weighted by atomic mass is 9.86. The number of aromatic hydroxyl groups is 1. The maximum absolute atomic E-state index is 9.57. The number of phenols is 1.